The molecule has 9 heteroatoms. The molecule has 1 fully saturated rings. The molecule has 0 unspecified atom stereocenters. The molecule has 0 radical (unpaired) electrons. The Labute approximate surface area is 163 Å². The van der Waals surface area contributed by atoms with Crippen molar-refractivity contribution in [1.29, 1.82) is 0 Å². The van der Waals surface area contributed by atoms with Gasteiger partial charge in [-0.25, -0.2) is 27.8 Å². The lowest BCUT2D eigenvalue weighted by Crippen LogP contribution is -2.29. The average molecular weight is 403 g/mol. The van der Waals surface area contributed by atoms with Crippen molar-refractivity contribution < 1.29 is 12.8 Å². The third-order valence-corrected chi connectivity index (χ3v) is 6.20. The highest BCUT2D eigenvalue weighted by atomic mass is 32.2. The fourth-order valence-corrected chi connectivity index (χ4v) is 5.00. The maximum absolute atomic E-state index is 14.4. The number of nitrogens with one attached hydrogen (secondary N) is 1. The molecular weight excluding hydrogens is 381 g/mol. The predicted molar refractivity (Wildman–Crippen MR) is 105 cm³/mol. The van der Waals surface area contributed by atoms with Gasteiger partial charge in [0.1, 0.15) is 21.2 Å². The van der Waals surface area contributed by atoms with E-state index in [4.69, 9.17) is 0 Å². The number of pyridine rings is 1. The summed E-state index contributed by atoms with van der Waals surface area (Å²) in [6.07, 6.45) is 9.22. The number of hydrogen-bond donors (Lipinski definition) is 1. The smallest absolute Gasteiger partial charge is 0.223 e. The Morgan fingerprint density at radius 3 is 2.71 bits per heavy atom. The largest absolute Gasteiger partial charge is 0.351 e. The van der Waals surface area contributed by atoms with Crippen LogP contribution in [0, 0.1) is 11.7 Å². The Morgan fingerprint density at radius 2 is 1.96 bits per heavy atom. The number of aromatic nitrogens is 4. The van der Waals surface area contributed by atoms with Crippen LogP contribution in [0.5, 0.6) is 0 Å². The molecule has 4 rings (SSSR count). The van der Waals surface area contributed by atoms with E-state index in [1.54, 1.807) is 10.6 Å². The normalized spacial score (nSPS) is 20.4. The summed E-state index contributed by atoms with van der Waals surface area (Å²) < 4.78 is 39.1. The second-order valence-electron chi connectivity index (χ2n) is 7.42. The van der Waals surface area contributed by atoms with Gasteiger partial charge in [0.25, 0.3) is 0 Å². The quantitative estimate of drug-likeness (QED) is 0.705. The third-order valence-electron chi connectivity index (χ3n) is 5.12. The van der Waals surface area contributed by atoms with Crippen molar-refractivity contribution in [2.24, 2.45) is 5.92 Å². The lowest BCUT2D eigenvalue weighted by molar-refractivity contribution is 0.361. The molecule has 0 aliphatic heterocycles. The van der Waals surface area contributed by atoms with Crippen LogP contribution < -0.4 is 5.32 Å². The van der Waals surface area contributed by atoms with Crippen LogP contribution >= 0.6 is 0 Å². The minimum Gasteiger partial charge on any atom is -0.351 e. The van der Waals surface area contributed by atoms with Gasteiger partial charge in [0.15, 0.2) is 5.82 Å². The minimum absolute atomic E-state index is 0.149. The van der Waals surface area contributed by atoms with E-state index in [0.717, 1.165) is 25.7 Å². The SMILES string of the molecule is CS(=O)(=O)CC1CCC(Nc2ncc(F)c(-c3cnc4ccccn34)n2)CC1. The van der Waals surface area contributed by atoms with Gasteiger partial charge in [-0.05, 0) is 43.7 Å². The van der Waals surface area contributed by atoms with Gasteiger partial charge in [0.05, 0.1) is 23.8 Å². The first-order chi connectivity index (χ1) is 13.4. The predicted octanol–water partition coefficient (Wildman–Crippen LogP) is 2.95. The monoisotopic (exact) mass is 403 g/mol. The molecule has 3 aromatic rings. The number of rotatable bonds is 5. The highest BCUT2D eigenvalue weighted by Crippen LogP contribution is 2.28. The van der Waals surface area contributed by atoms with Gasteiger partial charge in [-0.2, -0.15) is 0 Å². The molecule has 1 saturated carbocycles. The Bertz CT molecular complexity index is 1090. The summed E-state index contributed by atoms with van der Waals surface area (Å²) in [4.78, 5) is 12.7. The van der Waals surface area contributed by atoms with E-state index in [0.29, 0.717) is 17.3 Å². The van der Waals surface area contributed by atoms with Crippen molar-refractivity contribution >= 4 is 21.4 Å². The fourth-order valence-electron chi connectivity index (χ4n) is 3.81. The van der Waals surface area contributed by atoms with E-state index in [-0.39, 0.29) is 23.4 Å². The van der Waals surface area contributed by atoms with Gasteiger partial charge in [0, 0.05) is 18.5 Å². The van der Waals surface area contributed by atoms with Gasteiger partial charge < -0.3 is 5.32 Å². The maximum Gasteiger partial charge on any atom is 0.223 e. The molecule has 1 aliphatic carbocycles. The van der Waals surface area contributed by atoms with Gasteiger partial charge >= 0.3 is 0 Å². The van der Waals surface area contributed by atoms with Gasteiger partial charge in [-0.15, -0.1) is 0 Å². The first-order valence-electron chi connectivity index (χ1n) is 9.28. The van der Waals surface area contributed by atoms with Crippen LogP contribution in [-0.2, 0) is 9.84 Å². The Morgan fingerprint density at radius 1 is 1.18 bits per heavy atom. The first kappa shape index (κ1) is 18.8. The zero-order valence-corrected chi connectivity index (χ0v) is 16.4. The van der Waals surface area contributed by atoms with Crippen LogP contribution in [0.25, 0.3) is 17.0 Å². The molecule has 0 aromatic carbocycles. The molecule has 148 valence electrons. The second-order valence-corrected chi connectivity index (χ2v) is 9.60. The molecule has 0 bridgehead atoms. The van der Waals surface area contributed by atoms with Gasteiger partial charge in [0.2, 0.25) is 5.95 Å². The molecule has 7 nitrogen and oxygen atoms in total. The van der Waals surface area contributed by atoms with E-state index in [1.165, 1.54) is 12.5 Å². The fraction of sp³-hybridized carbons (Fsp3) is 0.421. The van der Waals surface area contributed by atoms with Crippen molar-refractivity contribution in [2.75, 3.05) is 17.3 Å². The molecule has 0 atom stereocenters. The zero-order chi connectivity index (χ0) is 19.7. The van der Waals surface area contributed by atoms with Crippen LogP contribution in [0.4, 0.5) is 10.3 Å². The summed E-state index contributed by atoms with van der Waals surface area (Å²) in [7, 11) is -2.95. The summed E-state index contributed by atoms with van der Waals surface area (Å²) in [6.45, 7) is 0. The van der Waals surface area contributed by atoms with E-state index in [9.17, 15) is 12.8 Å². The summed E-state index contributed by atoms with van der Waals surface area (Å²) >= 11 is 0. The summed E-state index contributed by atoms with van der Waals surface area (Å²) in [5, 5.41) is 3.27. The first-order valence-corrected chi connectivity index (χ1v) is 11.3. The van der Waals surface area contributed by atoms with Gasteiger partial charge in [-0.1, -0.05) is 6.07 Å². The minimum atomic E-state index is -2.95. The van der Waals surface area contributed by atoms with Gasteiger partial charge in [-0.3, -0.25) is 4.40 Å². The van der Waals surface area contributed by atoms with Crippen LogP contribution in [0.1, 0.15) is 25.7 Å². The number of halogens is 1. The Balaban J connectivity index is 1.49. The van der Waals surface area contributed by atoms with E-state index in [1.807, 2.05) is 24.4 Å². The molecule has 0 spiro atoms. The van der Waals surface area contributed by atoms with E-state index >= 15 is 0 Å². The van der Waals surface area contributed by atoms with Crippen LogP contribution in [0.3, 0.4) is 0 Å². The number of hydrogen-bond acceptors (Lipinski definition) is 6. The molecule has 3 heterocycles. The molecule has 1 aliphatic rings. The molecule has 0 amide bonds. The lowest BCUT2D eigenvalue weighted by atomic mass is 9.87. The van der Waals surface area contributed by atoms with Crippen molar-refractivity contribution in [3.63, 3.8) is 0 Å². The molecule has 28 heavy (non-hydrogen) atoms. The molecule has 3 aromatic heterocycles. The Hall–Kier alpha value is -2.55. The van der Waals surface area contributed by atoms with Crippen molar-refractivity contribution in [1.82, 2.24) is 19.4 Å². The second kappa shape index (κ2) is 7.46. The maximum atomic E-state index is 14.4. The number of anilines is 1. The summed E-state index contributed by atoms with van der Waals surface area (Å²) in [6, 6.07) is 5.72. The molecule has 0 saturated heterocycles. The number of imidazole rings is 1. The van der Waals surface area contributed by atoms with Crippen LogP contribution in [0.2, 0.25) is 0 Å². The van der Waals surface area contributed by atoms with Crippen LogP contribution in [0.15, 0.2) is 36.8 Å². The highest BCUT2D eigenvalue weighted by Gasteiger charge is 2.24. The number of sulfone groups is 1. The summed E-state index contributed by atoms with van der Waals surface area (Å²) in [5.41, 5.74) is 1.48. The zero-order valence-electron chi connectivity index (χ0n) is 15.5. The van der Waals surface area contributed by atoms with E-state index < -0.39 is 15.7 Å². The number of nitrogens with zero attached hydrogens (tertiary/aromatic N) is 4. The van der Waals surface area contributed by atoms with Crippen LogP contribution in [-0.4, -0.2) is 45.8 Å². The van der Waals surface area contributed by atoms with Crippen molar-refractivity contribution in [2.45, 2.75) is 31.7 Å². The highest BCUT2D eigenvalue weighted by molar-refractivity contribution is 7.90. The van der Waals surface area contributed by atoms with E-state index in [2.05, 4.69) is 20.3 Å². The molecular formula is C19H22FN5O2S. The van der Waals surface area contributed by atoms with Crippen molar-refractivity contribution in [3.05, 3.63) is 42.6 Å². The summed E-state index contributed by atoms with van der Waals surface area (Å²) in [5.74, 6) is 0.309. The topological polar surface area (TPSA) is 89.2 Å². The molecule has 1 N–H and O–H groups in total. The number of fused-ring (bicyclic) bond motifs is 1. The lowest BCUT2D eigenvalue weighted by Gasteiger charge is -2.28. The standard InChI is InChI=1S/C19H22FN5O2S/c1-28(26,27)12-13-5-7-14(8-6-13)23-19-22-10-15(20)18(24-19)16-11-21-17-4-2-3-9-25(16)17/h2-4,9-11,13-14H,5-8,12H2,1H3,(H,22,23,24). The Kier molecular flexibility index (Phi) is 5.01. The van der Waals surface area contributed by atoms with Crippen molar-refractivity contribution in [3.8, 4) is 11.4 Å². The third kappa shape index (κ3) is 4.14. The average Bonchev–Trinajstić information content (AvgIpc) is 3.08.